The molecule has 0 spiro atoms. The molecule has 3 aromatic carbocycles. The Morgan fingerprint density at radius 2 is 1.81 bits per heavy atom. The van der Waals surface area contributed by atoms with Crippen LogP contribution in [-0.2, 0) is 22.6 Å². The number of nitriles is 1. The second-order valence-electron chi connectivity index (χ2n) is 12.9. The fraction of sp³-hybridized carbons (Fsp3) is 0.316. The number of carbonyl (C=O) groups excluding carboxylic acids is 2. The number of methoxy groups -OCH3 is 1. The van der Waals surface area contributed by atoms with E-state index >= 15 is 0 Å². The third-order valence-electron chi connectivity index (χ3n) is 7.68. The van der Waals surface area contributed by atoms with Crippen LogP contribution in [0.4, 0.5) is 4.79 Å². The van der Waals surface area contributed by atoms with E-state index in [9.17, 15) is 14.9 Å². The largest absolute Gasteiger partial charge is 0.496 e. The fourth-order valence-electron chi connectivity index (χ4n) is 5.38. The molecule has 4 bridgehead atoms. The maximum absolute atomic E-state index is 13.9. The number of oxazole rings is 1. The predicted molar refractivity (Wildman–Crippen MR) is 181 cm³/mol. The second kappa shape index (κ2) is 14.5. The van der Waals surface area contributed by atoms with E-state index in [0.29, 0.717) is 34.8 Å². The molecule has 0 radical (unpaired) electrons. The van der Waals surface area contributed by atoms with Crippen LogP contribution in [0.2, 0.25) is 0 Å². The van der Waals surface area contributed by atoms with Gasteiger partial charge in [0.15, 0.2) is 11.5 Å². The van der Waals surface area contributed by atoms with Crippen molar-refractivity contribution >= 4 is 23.6 Å². The van der Waals surface area contributed by atoms with Crippen LogP contribution in [0.1, 0.15) is 80.3 Å². The molecule has 2 amide bonds. The molecule has 48 heavy (non-hydrogen) atoms. The number of para-hydroxylation sites is 1. The summed E-state index contributed by atoms with van der Waals surface area (Å²) in [5, 5.41) is 16.0. The monoisotopic (exact) mass is 648 g/mol. The van der Waals surface area contributed by atoms with E-state index in [4.69, 9.17) is 18.6 Å². The summed E-state index contributed by atoms with van der Waals surface area (Å²) in [6.45, 7) is 9.39. The summed E-state index contributed by atoms with van der Waals surface area (Å²) in [5.74, 6) is 0.864. The Kier molecular flexibility index (Phi) is 10.2. The minimum absolute atomic E-state index is 0.0467. The fourth-order valence-corrected chi connectivity index (χ4v) is 5.38. The van der Waals surface area contributed by atoms with Gasteiger partial charge in [-0.1, -0.05) is 68.4 Å². The van der Waals surface area contributed by atoms with Crippen molar-refractivity contribution in [2.75, 3.05) is 7.11 Å². The van der Waals surface area contributed by atoms with Gasteiger partial charge in [-0.15, -0.1) is 0 Å². The van der Waals surface area contributed by atoms with Crippen LogP contribution in [0.3, 0.4) is 0 Å². The molecule has 1 aliphatic heterocycles. The van der Waals surface area contributed by atoms with Crippen LogP contribution in [0.15, 0.2) is 77.2 Å². The van der Waals surface area contributed by atoms with E-state index in [1.165, 1.54) is 0 Å². The first-order valence-corrected chi connectivity index (χ1v) is 15.8. The lowest BCUT2D eigenvalue weighted by Gasteiger charge is -2.26. The maximum atomic E-state index is 13.9. The summed E-state index contributed by atoms with van der Waals surface area (Å²) >= 11 is 0. The summed E-state index contributed by atoms with van der Waals surface area (Å²) < 4.78 is 24.0. The summed E-state index contributed by atoms with van der Waals surface area (Å²) in [4.78, 5) is 31.4. The number of alkyl carbamates (subject to hydrolysis) is 1. The molecule has 0 unspecified atom stereocenters. The maximum Gasteiger partial charge on any atom is 0.408 e. The molecule has 248 valence electrons. The molecule has 0 aliphatic carbocycles. The summed E-state index contributed by atoms with van der Waals surface area (Å²) in [6.07, 6.45) is 1.31. The third-order valence-corrected chi connectivity index (χ3v) is 7.68. The Bertz CT molecular complexity index is 1850. The zero-order chi connectivity index (χ0) is 34.4. The smallest absolute Gasteiger partial charge is 0.408 e. The number of benzene rings is 3. The Morgan fingerprint density at radius 1 is 1.08 bits per heavy atom. The Hall–Kier alpha value is -5.56. The van der Waals surface area contributed by atoms with Crippen molar-refractivity contribution in [1.82, 2.24) is 15.6 Å². The van der Waals surface area contributed by atoms with Crippen LogP contribution in [0.5, 0.6) is 11.5 Å². The van der Waals surface area contributed by atoms with Crippen LogP contribution in [-0.4, -0.2) is 35.7 Å². The summed E-state index contributed by atoms with van der Waals surface area (Å²) in [5.41, 5.74) is 2.88. The van der Waals surface area contributed by atoms with Crippen molar-refractivity contribution in [2.24, 2.45) is 5.92 Å². The van der Waals surface area contributed by atoms with E-state index in [0.717, 1.165) is 11.1 Å². The lowest BCUT2D eigenvalue weighted by molar-refractivity contribution is -0.124. The lowest BCUT2D eigenvalue weighted by atomic mass is 9.96. The van der Waals surface area contributed by atoms with E-state index in [2.05, 4.69) is 21.7 Å². The van der Waals surface area contributed by atoms with Gasteiger partial charge in [-0.3, -0.25) is 4.79 Å². The number of ether oxygens (including phenoxy) is 3. The molecule has 5 rings (SSSR count). The van der Waals surface area contributed by atoms with Crippen molar-refractivity contribution in [1.29, 1.82) is 5.26 Å². The van der Waals surface area contributed by atoms with Crippen molar-refractivity contribution < 1.29 is 28.2 Å². The predicted octanol–water partition coefficient (Wildman–Crippen LogP) is 6.99. The zero-order valence-electron chi connectivity index (χ0n) is 28.0. The topological polar surface area (TPSA) is 136 Å². The van der Waals surface area contributed by atoms with Gasteiger partial charge < -0.3 is 29.3 Å². The highest BCUT2D eigenvalue weighted by molar-refractivity contribution is 5.94. The van der Waals surface area contributed by atoms with Crippen molar-refractivity contribution in [3.8, 4) is 17.6 Å². The van der Waals surface area contributed by atoms with E-state index < -0.39 is 29.7 Å². The number of rotatable bonds is 7. The zero-order valence-corrected chi connectivity index (χ0v) is 28.0. The first-order valence-electron chi connectivity index (χ1n) is 15.8. The highest BCUT2D eigenvalue weighted by Gasteiger charge is 2.32. The Balaban J connectivity index is 1.72. The first-order chi connectivity index (χ1) is 23.0. The number of amides is 2. The molecule has 0 fully saturated rings. The molecule has 2 atom stereocenters. The van der Waals surface area contributed by atoms with Crippen molar-refractivity contribution in [2.45, 2.75) is 65.3 Å². The van der Waals surface area contributed by atoms with Crippen molar-refractivity contribution in [3.63, 3.8) is 0 Å². The number of fused-ring (bicyclic) bond motifs is 4. The van der Waals surface area contributed by atoms with Gasteiger partial charge in [-0.05, 0) is 62.1 Å². The minimum Gasteiger partial charge on any atom is -0.496 e. The van der Waals surface area contributed by atoms with E-state index in [1.54, 1.807) is 27.9 Å². The quantitative estimate of drug-likeness (QED) is 0.219. The summed E-state index contributed by atoms with van der Waals surface area (Å²) in [7, 11) is 1.58. The number of nitrogens with one attached hydrogen (secondary N) is 2. The molecule has 0 saturated carbocycles. The van der Waals surface area contributed by atoms with Gasteiger partial charge >= 0.3 is 6.09 Å². The average molecular weight is 649 g/mol. The molecule has 10 heteroatoms. The van der Waals surface area contributed by atoms with Gasteiger partial charge in [0.05, 0.1) is 7.11 Å². The molecule has 1 aromatic heterocycles. The van der Waals surface area contributed by atoms with Gasteiger partial charge in [-0.2, -0.15) is 5.26 Å². The van der Waals surface area contributed by atoms with E-state index in [-0.39, 0.29) is 29.7 Å². The van der Waals surface area contributed by atoms with Gasteiger partial charge in [0, 0.05) is 23.1 Å². The molecular formula is C38H40N4O6. The number of hydrogen-bond donors (Lipinski definition) is 2. The average Bonchev–Trinajstić information content (AvgIpc) is 3.48. The van der Waals surface area contributed by atoms with Gasteiger partial charge in [-0.25, -0.2) is 9.78 Å². The molecule has 4 aromatic rings. The first kappa shape index (κ1) is 33.8. The highest BCUT2D eigenvalue weighted by atomic mass is 16.6. The Morgan fingerprint density at radius 3 is 2.50 bits per heavy atom. The molecule has 1 aliphatic rings. The molecule has 10 nitrogen and oxygen atoms in total. The van der Waals surface area contributed by atoms with Gasteiger partial charge in [0.25, 0.3) is 0 Å². The molecule has 2 N–H and O–H groups in total. The standard InChI is InChI=1S/C38H40N4O6/c1-23(2)33-36-40-30(21-39)34(47-36)28(27-14-10-11-15-32(27)45-6)20-26-18-25(16-17-31(26)46-22-24-12-8-7-9-13-24)19-29(35(43)42-33)41-37(44)48-38(3,4)5/h7-18,20,23,29,33H,19,22H2,1-6H3,(H,41,44)(H,42,43)/b28-20-/t29-,33+/m1/s1. The second-order valence-corrected chi connectivity index (χ2v) is 12.9. The molecule has 0 saturated heterocycles. The van der Waals surface area contributed by atoms with Crippen LogP contribution < -0.4 is 20.1 Å². The number of aromatic nitrogens is 1. The SMILES string of the molecule is COc1ccccc1/C1=C/c2cc(ccc2OCc2ccccc2)C[C@@H](NC(=O)OC(C)(C)C)C(=O)N[C@@H](C(C)C)c2nc(C#N)c1o2. The number of hydrogen-bond acceptors (Lipinski definition) is 8. The summed E-state index contributed by atoms with van der Waals surface area (Å²) in [6, 6.07) is 23.3. The van der Waals surface area contributed by atoms with Crippen LogP contribution in [0.25, 0.3) is 11.6 Å². The number of nitrogens with zero attached hydrogens (tertiary/aromatic N) is 2. The van der Waals surface area contributed by atoms with Crippen LogP contribution >= 0.6 is 0 Å². The molecule has 2 heterocycles. The van der Waals surface area contributed by atoms with Crippen molar-refractivity contribution in [3.05, 3.63) is 112 Å². The minimum atomic E-state index is -1.01. The number of carbonyl (C=O) groups is 2. The Labute approximate surface area is 280 Å². The normalized spacial score (nSPS) is 17.4. The third kappa shape index (κ3) is 8.04. The lowest BCUT2D eigenvalue weighted by Crippen LogP contribution is -2.50. The highest BCUT2D eigenvalue weighted by Crippen LogP contribution is 2.38. The molecular weight excluding hydrogens is 608 g/mol. The van der Waals surface area contributed by atoms with Gasteiger partial charge in [0.1, 0.15) is 41.9 Å². The van der Waals surface area contributed by atoms with E-state index in [1.807, 2.05) is 92.7 Å². The van der Waals surface area contributed by atoms with Crippen LogP contribution in [0, 0.1) is 17.2 Å². The van der Waals surface area contributed by atoms with Gasteiger partial charge in [0.2, 0.25) is 11.8 Å².